The van der Waals surface area contributed by atoms with Crippen molar-refractivity contribution in [3.63, 3.8) is 0 Å². The number of halogens is 1. The Hall–Kier alpha value is -2.70. The van der Waals surface area contributed by atoms with Gasteiger partial charge in [0.1, 0.15) is 5.82 Å². The number of aryl methyl sites for hydroxylation is 1. The van der Waals surface area contributed by atoms with Gasteiger partial charge in [-0.25, -0.2) is 9.37 Å². The molecule has 2 heterocycles. The third-order valence-corrected chi connectivity index (χ3v) is 4.24. The van der Waals surface area contributed by atoms with Gasteiger partial charge in [0.25, 0.3) is 5.91 Å². The summed E-state index contributed by atoms with van der Waals surface area (Å²) in [6.45, 7) is 5.78. The molecule has 7 heteroatoms. The Balaban J connectivity index is 1.60. The summed E-state index contributed by atoms with van der Waals surface area (Å²) in [5, 5.41) is 2.65. The molecule has 2 aromatic rings. The van der Waals surface area contributed by atoms with E-state index in [1.807, 2.05) is 6.92 Å². The standard InChI is InChI=1S/C19H23FN4O2/c1-13-4-3-9-24(11-13)19-21-14(2)10-18(23-19)26-12-17(25)22-16-7-5-15(20)6-8-16/h5-8,10,13H,3-4,9,11-12H2,1-2H3,(H,22,25)/t13-/m0/s1. The van der Waals surface area contributed by atoms with E-state index in [-0.39, 0.29) is 18.3 Å². The molecule has 138 valence electrons. The quantitative estimate of drug-likeness (QED) is 0.889. The number of carbonyl (C=O) groups is 1. The number of aromatic nitrogens is 2. The molecular weight excluding hydrogens is 335 g/mol. The summed E-state index contributed by atoms with van der Waals surface area (Å²) in [6.07, 6.45) is 2.34. The van der Waals surface area contributed by atoms with Crippen LogP contribution in [0.3, 0.4) is 0 Å². The van der Waals surface area contributed by atoms with E-state index in [0.29, 0.717) is 23.4 Å². The van der Waals surface area contributed by atoms with Crippen LogP contribution in [0.15, 0.2) is 30.3 Å². The second-order valence-electron chi connectivity index (χ2n) is 6.68. The van der Waals surface area contributed by atoms with E-state index in [0.717, 1.165) is 25.2 Å². The number of amides is 1. The highest BCUT2D eigenvalue weighted by atomic mass is 19.1. The molecule has 1 amide bonds. The maximum Gasteiger partial charge on any atom is 0.262 e. The molecular formula is C19H23FN4O2. The van der Waals surface area contributed by atoms with Crippen molar-refractivity contribution in [2.45, 2.75) is 26.7 Å². The minimum absolute atomic E-state index is 0.177. The molecule has 0 radical (unpaired) electrons. The van der Waals surface area contributed by atoms with Gasteiger partial charge in [0.15, 0.2) is 6.61 Å². The van der Waals surface area contributed by atoms with Crippen LogP contribution in [0.2, 0.25) is 0 Å². The Labute approximate surface area is 152 Å². The molecule has 0 bridgehead atoms. The number of nitrogens with one attached hydrogen (secondary N) is 1. The van der Waals surface area contributed by atoms with Gasteiger partial charge in [-0.05, 0) is 49.9 Å². The van der Waals surface area contributed by atoms with Crippen LogP contribution in [0.1, 0.15) is 25.5 Å². The molecule has 1 atom stereocenters. The van der Waals surface area contributed by atoms with Crippen LogP contribution >= 0.6 is 0 Å². The van der Waals surface area contributed by atoms with Crippen molar-refractivity contribution in [2.75, 3.05) is 29.9 Å². The number of hydrogen-bond donors (Lipinski definition) is 1. The predicted molar refractivity (Wildman–Crippen MR) is 97.9 cm³/mol. The number of rotatable bonds is 5. The van der Waals surface area contributed by atoms with Gasteiger partial charge in [-0.1, -0.05) is 6.92 Å². The molecule has 1 aliphatic heterocycles. The van der Waals surface area contributed by atoms with Gasteiger partial charge in [-0.3, -0.25) is 4.79 Å². The van der Waals surface area contributed by atoms with Crippen molar-refractivity contribution in [3.8, 4) is 5.88 Å². The molecule has 1 saturated heterocycles. The first-order valence-electron chi connectivity index (χ1n) is 8.78. The molecule has 1 aromatic heterocycles. The zero-order valence-electron chi connectivity index (χ0n) is 15.0. The highest BCUT2D eigenvalue weighted by Gasteiger charge is 2.19. The van der Waals surface area contributed by atoms with Crippen molar-refractivity contribution >= 4 is 17.5 Å². The smallest absolute Gasteiger partial charge is 0.262 e. The molecule has 1 N–H and O–H groups in total. The minimum Gasteiger partial charge on any atom is -0.467 e. The second kappa shape index (κ2) is 8.12. The number of piperidine rings is 1. The Bertz CT molecular complexity index is 767. The molecule has 6 nitrogen and oxygen atoms in total. The van der Waals surface area contributed by atoms with E-state index < -0.39 is 0 Å². The molecule has 1 aromatic carbocycles. The van der Waals surface area contributed by atoms with E-state index in [4.69, 9.17) is 4.74 Å². The lowest BCUT2D eigenvalue weighted by Gasteiger charge is -2.31. The highest BCUT2D eigenvalue weighted by molar-refractivity contribution is 5.91. The van der Waals surface area contributed by atoms with Crippen molar-refractivity contribution in [3.05, 3.63) is 41.8 Å². The van der Waals surface area contributed by atoms with Crippen LogP contribution in [-0.4, -0.2) is 35.6 Å². The summed E-state index contributed by atoms with van der Waals surface area (Å²) >= 11 is 0. The summed E-state index contributed by atoms with van der Waals surface area (Å²) < 4.78 is 18.4. The Morgan fingerprint density at radius 3 is 2.85 bits per heavy atom. The molecule has 1 fully saturated rings. The third-order valence-electron chi connectivity index (χ3n) is 4.24. The average molecular weight is 358 g/mol. The van der Waals surface area contributed by atoms with Crippen molar-refractivity contribution in [1.29, 1.82) is 0 Å². The first kappa shape index (κ1) is 18.1. The van der Waals surface area contributed by atoms with Gasteiger partial charge >= 0.3 is 0 Å². The normalized spacial score (nSPS) is 17.0. The average Bonchev–Trinajstić information content (AvgIpc) is 2.61. The molecule has 0 spiro atoms. The predicted octanol–water partition coefficient (Wildman–Crippen LogP) is 3.18. The first-order chi connectivity index (χ1) is 12.5. The zero-order chi connectivity index (χ0) is 18.5. The van der Waals surface area contributed by atoms with Crippen molar-refractivity contribution in [2.24, 2.45) is 5.92 Å². The van der Waals surface area contributed by atoms with Crippen LogP contribution in [0.25, 0.3) is 0 Å². The minimum atomic E-state index is -0.352. The number of hydrogen-bond acceptors (Lipinski definition) is 5. The summed E-state index contributed by atoms with van der Waals surface area (Å²) in [5.74, 6) is 0.945. The third kappa shape index (κ3) is 4.91. The van der Waals surface area contributed by atoms with Gasteiger partial charge in [0.2, 0.25) is 11.8 Å². The van der Waals surface area contributed by atoms with Crippen LogP contribution < -0.4 is 15.0 Å². The molecule has 1 aliphatic rings. The van der Waals surface area contributed by atoms with Crippen molar-refractivity contribution < 1.29 is 13.9 Å². The fraction of sp³-hybridized carbons (Fsp3) is 0.421. The summed E-state index contributed by atoms with van der Waals surface area (Å²) in [6, 6.07) is 7.28. The largest absolute Gasteiger partial charge is 0.467 e. The van der Waals surface area contributed by atoms with E-state index >= 15 is 0 Å². The summed E-state index contributed by atoms with van der Waals surface area (Å²) in [7, 11) is 0. The zero-order valence-corrected chi connectivity index (χ0v) is 15.0. The van der Waals surface area contributed by atoms with E-state index in [2.05, 4.69) is 27.1 Å². The fourth-order valence-corrected chi connectivity index (χ4v) is 2.98. The lowest BCUT2D eigenvalue weighted by atomic mass is 10.0. The maximum atomic E-state index is 12.9. The van der Waals surface area contributed by atoms with Gasteiger partial charge in [-0.2, -0.15) is 4.98 Å². The lowest BCUT2D eigenvalue weighted by molar-refractivity contribution is -0.118. The van der Waals surface area contributed by atoms with Crippen LogP contribution in [-0.2, 0) is 4.79 Å². The number of benzene rings is 1. The maximum absolute atomic E-state index is 12.9. The Morgan fingerprint density at radius 2 is 2.12 bits per heavy atom. The van der Waals surface area contributed by atoms with Gasteiger partial charge in [-0.15, -0.1) is 0 Å². The number of ether oxygens (including phenoxy) is 1. The van der Waals surface area contributed by atoms with Gasteiger partial charge in [0.05, 0.1) is 0 Å². The monoisotopic (exact) mass is 358 g/mol. The molecule has 0 saturated carbocycles. The topological polar surface area (TPSA) is 67.3 Å². The number of nitrogens with zero attached hydrogens (tertiary/aromatic N) is 3. The SMILES string of the molecule is Cc1cc(OCC(=O)Nc2ccc(F)cc2)nc(N2CCC[C@H](C)C2)n1. The van der Waals surface area contributed by atoms with E-state index in [9.17, 15) is 9.18 Å². The van der Waals surface area contributed by atoms with Crippen LogP contribution in [0.5, 0.6) is 5.88 Å². The molecule has 3 rings (SSSR count). The van der Waals surface area contributed by atoms with E-state index in [1.54, 1.807) is 6.07 Å². The Kier molecular flexibility index (Phi) is 5.65. The molecule has 26 heavy (non-hydrogen) atoms. The summed E-state index contributed by atoms with van der Waals surface area (Å²) in [4.78, 5) is 23.1. The van der Waals surface area contributed by atoms with Crippen molar-refractivity contribution in [1.82, 2.24) is 9.97 Å². The fourth-order valence-electron chi connectivity index (χ4n) is 2.98. The first-order valence-corrected chi connectivity index (χ1v) is 8.78. The van der Waals surface area contributed by atoms with Crippen LogP contribution in [0.4, 0.5) is 16.0 Å². The lowest BCUT2D eigenvalue weighted by Crippen LogP contribution is -2.35. The Morgan fingerprint density at radius 1 is 1.35 bits per heavy atom. The van der Waals surface area contributed by atoms with Gasteiger partial charge < -0.3 is 15.0 Å². The molecule has 0 aliphatic carbocycles. The number of anilines is 2. The van der Waals surface area contributed by atoms with Gasteiger partial charge in [0, 0.05) is 30.5 Å². The van der Waals surface area contributed by atoms with E-state index in [1.165, 1.54) is 30.7 Å². The number of carbonyl (C=O) groups excluding carboxylic acids is 1. The second-order valence-corrected chi connectivity index (χ2v) is 6.68. The summed E-state index contributed by atoms with van der Waals surface area (Å²) in [5.41, 5.74) is 1.31. The highest BCUT2D eigenvalue weighted by Crippen LogP contribution is 2.22. The van der Waals surface area contributed by atoms with Crippen LogP contribution in [0, 0.1) is 18.7 Å². The molecule has 0 unspecified atom stereocenters.